The van der Waals surface area contributed by atoms with Gasteiger partial charge in [-0.3, -0.25) is 4.99 Å². The van der Waals surface area contributed by atoms with Crippen molar-refractivity contribution in [2.75, 3.05) is 12.4 Å². The molecule has 0 spiro atoms. The summed E-state index contributed by atoms with van der Waals surface area (Å²) >= 11 is 0. The lowest BCUT2D eigenvalue weighted by atomic mass is 10.1. The minimum absolute atomic E-state index is 0.149. The summed E-state index contributed by atoms with van der Waals surface area (Å²) in [6, 6.07) is 5.99. The topological polar surface area (TPSA) is 88.8 Å². The van der Waals surface area contributed by atoms with E-state index in [0.29, 0.717) is 0 Å². The molecule has 5 heteroatoms. The summed E-state index contributed by atoms with van der Waals surface area (Å²) in [5, 5.41) is 3.01. The van der Waals surface area contributed by atoms with Crippen molar-refractivity contribution in [2.24, 2.45) is 21.5 Å². The molecule has 0 aromatic heterocycles. The third kappa shape index (κ3) is 2.98. The van der Waals surface area contributed by atoms with Crippen molar-refractivity contribution in [3.8, 4) is 0 Å². The highest BCUT2D eigenvalue weighted by atomic mass is 15.2. The summed E-state index contributed by atoms with van der Waals surface area (Å²) in [7, 11) is 1.56. The number of hydrogen-bond donors (Lipinski definition) is 3. The molecule has 0 aliphatic carbocycles. The van der Waals surface area contributed by atoms with E-state index in [1.165, 1.54) is 0 Å². The number of nitrogens with zero attached hydrogens (tertiary/aromatic N) is 2. The van der Waals surface area contributed by atoms with E-state index in [4.69, 9.17) is 11.5 Å². The Morgan fingerprint density at radius 1 is 1.19 bits per heavy atom. The first-order chi connectivity index (χ1) is 7.54. The van der Waals surface area contributed by atoms with Gasteiger partial charge in [0.25, 0.3) is 0 Å². The van der Waals surface area contributed by atoms with E-state index in [-0.39, 0.29) is 11.9 Å². The van der Waals surface area contributed by atoms with Crippen molar-refractivity contribution in [3.05, 3.63) is 29.3 Å². The highest BCUT2D eigenvalue weighted by Gasteiger charge is 2.02. The van der Waals surface area contributed by atoms with Gasteiger partial charge in [0, 0.05) is 12.7 Å². The molecule has 0 bridgehead atoms. The van der Waals surface area contributed by atoms with Gasteiger partial charge in [0.2, 0.25) is 11.9 Å². The zero-order valence-corrected chi connectivity index (χ0v) is 9.78. The van der Waals surface area contributed by atoms with Gasteiger partial charge in [0.05, 0.1) is 0 Å². The van der Waals surface area contributed by atoms with Crippen LogP contribution in [-0.4, -0.2) is 19.0 Å². The Kier molecular flexibility index (Phi) is 3.88. The molecule has 0 aliphatic rings. The van der Waals surface area contributed by atoms with Gasteiger partial charge in [0.15, 0.2) is 0 Å². The summed E-state index contributed by atoms with van der Waals surface area (Å²) in [6.45, 7) is 4.00. The van der Waals surface area contributed by atoms with Crippen LogP contribution in [0, 0.1) is 13.8 Å². The number of aryl methyl sites for hydroxylation is 2. The number of aliphatic imine (C=N–C) groups is 2. The van der Waals surface area contributed by atoms with Crippen LogP contribution in [0.2, 0.25) is 0 Å². The van der Waals surface area contributed by atoms with Crippen LogP contribution in [0.15, 0.2) is 28.2 Å². The van der Waals surface area contributed by atoms with E-state index in [1.54, 1.807) is 7.05 Å². The van der Waals surface area contributed by atoms with E-state index >= 15 is 0 Å². The summed E-state index contributed by atoms with van der Waals surface area (Å²) < 4.78 is 0. The molecule has 0 fully saturated rings. The van der Waals surface area contributed by atoms with Crippen LogP contribution in [0.3, 0.4) is 0 Å². The molecule has 86 valence electrons. The first kappa shape index (κ1) is 12.0. The average Bonchev–Trinajstić information content (AvgIpc) is 2.23. The van der Waals surface area contributed by atoms with Gasteiger partial charge in [-0.2, -0.15) is 4.99 Å². The highest BCUT2D eigenvalue weighted by Crippen LogP contribution is 2.18. The van der Waals surface area contributed by atoms with Gasteiger partial charge in [-0.25, -0.2) is 0 Å². The summed E-state index contributed by atoms with van der Waals surface area (Å²) in [6.07, 6.45) is 0. The maximum Gasteiger partial charge on any atom is 0.218 e. The predicted molar refractivity (Wildman–Crippen MR) is 68.7 cm³/mol. The molecular weight excluding hydrogens is 202 g/mol. The Balaban J connectivity index is 2.93. The second-order valence-electron chi connectivity index (χ2n) is 3.47. The van der Waals surface area contributed by atoms with Gasteiger partial charge < -0.3 is 16.8 Å². The van der Waals surface area contributed by atoms with Crippen LogP contribution in [0.4, 0.5) is 5.69 Å². The maximum absolute atomic E-state index is 5.70. The van der Waals surface area contributed by atoms with Crippen LogP contribution < -0.4 is 16.8 Å². The first-order valence-corrected chi connectivity index (χ1v) is 4.94. The normalized spacial score (nSPS) is 12.7. The Labute approximate surface area is 95.3 Å². The number of guanidine groups is 2. The van der Waals surface area contributed by atoms with Crippen molar-refractivity contribution in [2.45, 2.75) is 13.8 Å². The molecule has 0 saturated carbocycles. The van der Waals surface area contributed by atoms with Crippen molar-refractivity contribution in [3.63, 3.8) is 0 Å². The van der Waals surface area contributed by atoms with Crippen LogP contribution in [0.5, 0.6) is 0 Å². The lowest BCUT2D eigenvalue weighted by Gasteiger charge is -2.11. The molecule has 0 unspecified atom stereocenters. The molecule has 5 nitrogen and oxygen atoms in total. The molecule has 0 aliphatic heterocycles. The predicted octanol–water partition coefficient (Wildman–Crippen LogP) is 0.975. The second-order valence-corrected chi connectivity index (χ2v) is 3.47. The molecule has 0 heterocycles. The molecule has 1 aromatic carbocycles. The Morgan fingerprint density at radius 3 is 2.25 bits per heavy atom. The number of nitrogens with two attached hydrogens (primary N) is 2. The number of para-hydroxylation sites is 1. The minimum atomic E-state index is 0.149. The lowest BCUT2D eigenvalue weighted by Crippen LogP contribution is -2.26. The van der Waals surface area contributed by atoms with Gasteiger partial charge in [-0.05, 0) is 25.0 Å². The number of rotatable bonds is 1. The van der Waals surface area contributed by atoms with Crippen molar-refractivity contribution < 1.29 is 0 Å². The average molecular weight is 219 g/mol. The largest absolute Gasteiger partial charge is 0.369 e. The molecule has 0 amide bonds. The molecule has 1 aromatic rings. The zero-order valence-electron chi connectivity index (χ0n) is 9.78. The Hall–Kier alpha value is -2.04. The van der Waals surface area contributed by atoms with E-state index in [2.05, 4.69) is 15.3 Å². The number of nitrogens with one attached hydrogen (secondary N) is 1. The standard InChI is InChI=1S/C11H17N5/c1-7-5-4-6-8(2)9(7)15-11(13)16-10(12)14-3/h4-6H,1-3H3,(H5,12,13,14,15,16). The fraction of sp³-hybridized carbons (Fsp3) is 0.273. The van der Waals surface area contributed by atoms with Gasteiger partial charge in [-0.1, -0.05) is 18.2 Å². The van der Waals surface area contributed by atoms with Crippen LogP contribution in [0.25, 0.3) is 0 Å². The fourth-order valence-corrected chi connectivity index (χ4v) is 1.34. The number of benzene rings is 1. The van der Waals surface area contributed by atoms with Gasteiger partial charge >= 0.3 is 0 Å². The Bertz CT molecular complexity index is 414. The van der Waals surface area contributed by atoms with Crippen LogP contribution in [-0.2, 0) is 0 Å². The Morgan fingerprint density at radius 2 is 1.75 bits per heavy atom. The number of anilines is 1. The molecule has 16 heavy (non-hydrogen) atoms. The minimum Gasteiger partial charge on any atom is -0.369 e. The van der Waals surface area contributed by atoms with Crippen LogP contribution >= 0.6 is 0 Å². The smallest absolute Gasteiger partial charge is 0.218 e. The lowest BCUT2D eigenvalue weighted by molar-refractivity contribution is 1.33. The van der Waals surface area contributed by atoms with Gasteiger partial charge in [0.1, 0.15) is 0 Å². The molecule has 5 N–H and O–H groups in total. The quantitative estimate of drug-likeness (QED) is 0.486. The summed E-state index contributed by atoms with van der Waals surface area (Å²) in [5.74, 6) is 0.386. The van der Waals surface area contributed by atoms with Crippen molar-refractivity contribution >= 4 is 17.6 Å². The highest BCUT2D eigenvalue weighted by molar-refractivity contribution is 6.01. The molecule has 0 saturated heterocycles. The van der Waals surface area contributed by atoms with E-state index in [0.717, 1.165) is 16.8 Å². The van der Waals surface area contributed by atoms with E-state index in [9.17, 15) is 0 Å². The molecule has 1 rings (SSSR count). The maximum atomic E-state index is 5.70. The first-order valence-electron chi connectivity index (χ1n) is 4.94. The third-order valence-corrected chi connectivity index (χ3v) is 2.20. The molecular formula is C11H17N5. The molecule has 0 radical (unpaired) electrons. The number of hydrogen-bond acceptors (Lipinski definition) is 1. The molecule has 0 atom stereocenters. The summed E-state index contributed by atoms with van der Waals surface area (Å²) in [5.41, 5.74) is 14.3. The zero-order chi connectivity index (χ0) is 12.1. The monoisotopic (exact) mass is 219 g/mol. The SMILES string of the molecule is CN=C(N)N=C(N)Nc1c(C)cccc1C. The van der Waals surface area contributed by atoms with E-state index < -0.39 is 0 Å². The van der Waals surface area contributed by atoms with Gasteiger partial charge in [-0.15, -0.1) is 0 Å². The van der Waals surface area contributed by atoms with Crippen molar-refractivity contribution in [1.82, 2.24) is 0 Å². The van der Waals surface area contributed by atoms with Crippen molar-refractivity contribution in [1.29, 1.82) is 0 Å². The van der Waals surface area contributed by atoms with Crippen LogP contribution in [0.1, 0.15) is 11.1 Å². The second kappa shape index (κ2) is 5.16. The summed E-state index contributed by atoms with van der Waals surface area (Å²) in [4.78, 5) is 7.59. The third-order valence-electron chi connectivity index (χ3n) is 2.20. The van der Waals surface area contributed by atoms with E-state index in [1.807, 2.05) is 32.0 Å². The fourth-order valence-electron chi connectivity index (χ4n) is 1.34.